The maximum atomic E-state index is 5.80. The fourth-order valence-electron chi connectivity index (χ4n) is 1.45. The third-order valence-electron chi connectivity index (χ3n) is 2.46. The zero-order valence-corrected chi connectivity index (χ0v) is 12.5. The van der Waals surface area contributed by atoms with Gasteiger partial charge in [0.25, 0.3) is 0 Å². The molecule has 6 heteroatoms. The zero-order valence-electron chi connectivity index (χ0n) is 10.8. The van der Waals surface area contributed by atoms with Crippen LogP contribution in [0.2, 0.25) is 0 Å². The number of para-hydroxylation sites is 2. The predicted molar refractivity (Wildman–Crippen MR) is 81.0 cm³/mol. The number of anilines is 1. The maximum absolute atomic E-state index is 5.80. The van der Waals surface area contributed by atoms with Crippen LogP contribution in [0.5, 0.6) is 5.75 Å². The Labute approximate surface area is 121 Å². The summed E-state index contributed by atoms with van der Waals surface area (Å²) >= 11 is 3.20. The summed E-state index contributed by atoms with van der Waals surface area (Å²) in [4.78, 5) is 4.41. The molecule has 0 atom stereocenters. The summed E-state index contributed by atoms with van der Waals surface area (Å²) in [6.45, 7) is 2.73. The number of aryl methyl sites for hydroxylation is 1. The molecule has 2 N–H and O–H groups in total. The Morgan fingerprint density at radius 1 is 1.37 bits per heavy atom. The first-order valence-corrected chi connectivity index (χ1v) is 7.98. The van der Waals surface area contributed by atoms with Crippen molar-refractivity contribution in [2.75, 3.05) is 18.1 Å². The van der Waals surface area contributed by atoms with Crippen LogP contribution in [0, 0.1) is 0 Å². The quantitative estimate of drug-likeness (QED) is 0.483. The van der Waals surface area contributed by atoms with Gasteiger partial charge in [-0.05, 0) is 30.1 Å². The fraction of sp³-hybridized carbons (Fsp3) is 0.385. The third kappa shape index (κ3) is 4.40. The first-order chi connectivity index (χ1) is 9.29. The highest BCUT2D eigenvalue weighted by Crippen LogP contribution is 2.22. The molecule has 0 aliphatic rings. The maximum Gasteiger partial charge on any atom is 0.170 e. The molecule has 0 fully saturated rings. The Bertz CT molecular complexity index is 516. The van der Waals surface area contributed by atoms with E-state index in [0.29, 0.717) is 12.3 Å². The van der Waals surface area contributed by atoms with Crippen molar-refractivity contribution in [3.8, 4) is 5.75 Å². The molecular weight excluding hydrogens is 278 g/mol. The van der Waals surface area contributed by atoms with Gasteiger partial charge in [-0.15, -0.1) is 0 Å². The van der Waals surface area contributed by atoms with E-state index in [-0.39, 0.29) is 0 Å². The second-order valence-corrected chi connectivity index (χ2v) is 6.01. The number of thioether (sulfide) groups is 1. The van der Waals surface area contributed by atoms with Crippen LogP contribution in [0.3, 0.4) is 0 Å². The third-order valence-corrected chi connectivity index (χ3v) is 4.41. The number of ether oxygens (including phenoxy) is 1. The van der Waals surface area contributed by atoms with Crippen LogP contribution in [-0.2, 0) is 6.42 Å². The number of hydrogen-bond acceptors (Lipinski definition) is 6. The van der Waals surface area contributed by atoms with Gasteiger partial charge in [0.2, 0.25) is 0 Å². The van der Waals surface area contributed by atoms with Gasteiger partial charge in [-0.25, -0.2) is 4.98 Å². The summed E-state index contributed by atoms with van der Waals surface area (Å²) in [5.74, 6) is 2.67. The van der Waals surface area contributed by atoms with Gasteiger partial charge in [0, 0.05) is 12.2 Å². The molecule has 0 bridgehead atoms. The Kier molecular flexibility index (Phi) is 5.47. The topological polar surface area (TPSA) is 61.0 Å². The minimum absolute atomic E-state index is 0.667. The lowest BCUT2D eigenvalue weighted by Gasteiger charge is -2.07. The monoisotopic (exact) mass is 295 g/mol. The molecule has 2 rings (SSSR count). The van der Waals surface area contributed by atoms with E-state index in [0.717, 1.165) is 34.5 Å². The Morgan fingerprint density at radius 3 is 2.95 bits per heavy atom. The molecule has 19 heavy (non-hydrogen) atoms. The van der Waals surface area contributed by atoms with E-state index < -0.39 is 0 Å². The lowest BCUT2D eigenvalue weighted by Crippen LogP contribution is -2.01. The number of nitrogens with zero attached hydrogens (tertiary/aromatic N) is 2. The van der Waals surface area contributed by atoms with E-state index >= 15 is 0 Å². The summed E-state index contributed by atoms with van der Waals surface area (Å²) < 4.78 is 10.9. The van der Waals surface area contributed by atoms with Crippen molar-refractivity contribution in [1.29, 1.82) is 0 Å². The van der Waals surface area contributed by atoms with Gasteiger partial charge in [-0.3, -0.25) is 0 Å². The SMILES string of the molecule is CCc1nsc(SCCCOc2ccccc2N)n1. The second kappa shape index (κ2) is 7.35. The lowest BCUT2D eigenvalue weighted by molar-refractivity contribution is 0.320. The molecule has 2 aromatic rings. The van der Waals surface area contributed by atoms with Crippen molar-refractivity contribution < 1.29 is 4.74 Å². The van der Waals surface area contributed by atoms with Gasteiger partial charge >= 0.3 is 0 Å². The molecule has 0 radical (unpaired) electrons. The van der Waals surface area contributed by atoms with Crippen LogP contribution in [-0.4, -0.2) is 21.7 Å². The van der Waals surface area contributed by atoms with Gasteiger partial charge in [0.1, 0.15) is 11.6 Å². The van der Waals surface area contributed by atoms with E-state index in [1.54, 1.807) is 11.8 Å². The lowest BCUT2D eigenvalue weighted by atomic mass is 10.3. The van der Waals surface area contributed by atoms with Gasteiger partial charge in [-0.2, -0.15) is 4.37 Å². The minimum Gasteiger partial charge on any atom is -0.491 e. The van der Waals surface area contributed by atoms with E-state index in [2.05, 4.69) is 16.3 Å². The molecule has 0 aliphatic carbocycles. The van der Waals surface area contributed by atoms with E-state index in [4.69, 9.17) is 10.5 Å². The van der Waals surface area contributed by atoms with Gasteiger partial charge in [-0.1, -0.05) is 30.8 Å². The van der Waals surface area contributed by atoms with Gasteiger partial charge < -0.3 is 10.5 Å². The fourth-order valence-corrected chi connectivity index (χ4v) is 3.13. The molecule has 0 amide bonds. The number of aromatic nitrogens is 2. The first kappa shape index (κ1) is 14.1. The van der Waals surface area contributed by atoms with Crippen LogP contribution >= 0.6 is 23.3 Å². The number of benzene rings is 1. The standard InChI is InChI=1S/C13H17N3OS2/c1-2-12-15-13(19-16-12)18-9-5-8-17-11-7-4-3-6-10(11)14/h3-4,6-7H,2,5,8-9,14H2,1H3. The Balaban J connectivity index is 1.66. The minimum atomic E-state index is 0.667. The van der Waals surface area contributed by atoms with Crippen LogP contribution in [0.4, 0.5) is 5.69 Å². The predicted octanol–water partition coefficient (Wildman–Crippen LogP) is 3.24. The average molecular weight is 295 g/mol. The molecular formula is C13H17N3OS2. The summed E-state index contributed by atoms with van der Waals surface area (Å²) in [5, 5.41) is 0. The zero-order chi connectivity index (χ0) is 13.5. The van der Waals surface area contributed by atoms with E-state index in [9.17, 15) is 0 Å². The summed E-state index contributed by atoms with van der Waals surface area (Å²) in [6.07, 6.45) is 1.85. The summed E-state index contributed by atoms with van der Waals surface area (Å²) in [6, 6.07) is 7.56. The smallest absolute Gasteiger partial charge is 0.170 e. The highest BCUT2D eigenvalue weighted by atomic mass is 32.2. The largest absolute Gasteiger partial charge is 0.491 e. The van der Waals surface area contributed by atoms with Crippen molar-refractivity contribution in [2.45, 2.75) is 24.1 Å². The normalized spacial score (nSPS) is 10.6. The van der Waals surface area contributed by atoms with E-state index in [1.165, 1.54) is 11.5 Å². The molecule has 1 aromatic heterocycles. The second-order valence-electron chi connectivity index (χ2n) is 3.92. The van der Waals surface area contributed by atoms with Crippen molar-refractivity contribution in [1.82, 2.24) is 9.36 Å². The number of hydrogen-bond donors (Lipinski definition) is 1. The molecule has 0 unspecified atom stereocenters. The molecule has 0 aliphatic heterocycles. The van der Waals surface area contributed by atoms with Crippen molar-refractivity contribution in [3.05, 3.63) is 30.1 Å². The first-order valence-electron chi connectivity index (χ1n) is 6.22. The molecule has 0 spiro atoms. The Hall–Kier alpha value is -1.27. The molecule has 0 saturated heterocycles. The van der Waals surface area contributed by atoms with Crippen LogP contribution in [0.25, 0.3) is 0 Å². The molecule has 1 aromatic carbocycles. The highest BCUT2D eigenvalue weighted by molar-refractivity contribution is 8.00. The Morgan fingerprint density at radius 2 is 2.21 bits per heavy atom. The molecule has 4 nitrogen and oxygen atoms in total. The molecule has 102 valence electrons. The van der Waals surface area contributed by atoms with Crippen LogP contribution in [0.1, 0.15) is 19.2 Å². The number of nitrogen functional groups attached to an aromatic ring is 1. The molecule has 0 saturated carbocycles. The van der Waals surface area contributed by atoms with Gasteiger partial charge in [0.15, 0.2) is 4.34 Å². The van der Waals surface area contributed by atoms with Crippen molar-refractivity contribution >= 4 is 29.0 Å². The summed E-state index contributed by atoms with van der Waals surface area (Å²) in [7, 11) is 0. The highest BCUT2D eigenvalue weighted by Gasteiger charge is 2.03. The van der Waals surface area contributed by atoms with Gasteiger partial charge in [0.05, 0.1) is 12.3 Å². The molecule has 1 heterocycles. The van der Waals surface area contributed by atoms with E-state index in [1.807, 2.05) is 24.3 Å². The van der Waals surface area contributed by atoms with Crippen molar-refractivity contribution in [2.24, 2.45) is 0 Å². The number of nitrogens with two attached hydrogens (primary N) is 1. The number of rotatable bonds is 7. The van der Waals surface area contributed by atoms with Crippen molar-refractivity contribution in [3.63, 3.8) is 0 Å². The van der Waals surface area contributed by atoms with Crippen LogP contribution < -0.4 is 10.5 Å². The summed E-state index contributed by atoms with van der Waals surface area (Å²) in [5.41, 5.74) is 6.48. The van der Waals surface area contributed by atoms with Crippen LogP contribution in [0.15, 0.2) is 28.6 Å². The average Bonchev–Trinajstić information content (AvgIpc) is 2.88.